The normalized spacial score (nSPS) is 15.1. The SMILES string of the molecule is CNS(=O)(=O)c1ccccc1NCC(N)C(C)O. The Bertz CT molecular complexity index is 488. The van der Waals surface area contributed by atoms with Gasteiger partial charge < -0.3 is 16.2 Å². The van der Waals surface area contributed by atoms with Crippen molar-refractivity contribution in [3.63, 3.8) is 0 Å². The summed E-state index contributed by atoms with van der Waals surface area (Å²) in [6.45, 7) is 1.87. The molecule has 6 nitrogen and oxygen atoms in total. The summed E-state index contributed by atoms with van der Waals surface area (Å²) in [5.41, 5.74) is 6.14. The second kappa shape index (κ2) is 6.14. The van der Waals surface area contributed by atoms with Crippen LogP contribution >= 0.6 is 0 Å². The summed E-state index contributed by atoms with van der Waals surface area (Å²) in [7, 11) is -2.16. The number of anilines is 1. The standard InChI is InChI=1S/C11H19N3O3S/c1-8(15)9(12)7-14-10-5-3-4-6-11(10)18(16,17)13-2/h3-6,8-9,13-15H,7,12H2,1-2H3. The van der Waals surface area contributed by atoms with E-state index in [2.05, 4.69) is 10.0 Å². The zero-order valence-electron chi connectivity index (χ0n) is 10.4. The molecular weight excluding hydrogens is 254 g/mol. The van der Waals surface area contributed by atoms with Gasteiger partial charge in [0, 0.05) is 12.6 Å². The molecule has 0 saturated carbocycles. The number of hydrogen-bond acceptors (Lipinski definition) is 5. The highest BCUT2D eigenvalue weighted by Gasteiger charge is 2.17. The van der Waals surface area contributed by atoms with Crippen LogP contribution in [-0.2, 0) is 10.0 Å². The Kier molecular flexibility index (Phi) is 5.09. The molecule has 0 amide bonds. The Morgan fingerprint density at radius 2 is 2.00 bits per heavy atom. The maximum Gasteiger partial charge on any atom is 0.242 e. The molecule has 0 bridgehead atoms. The number of aliphatic hydroxyl groups excluding tert-OH is 1. The Morgan fingerprint density at radius 1 is 1.39 bits per heavy atom. The van der Waals surface area contributed by atoms with E-state index in [1.807, 2.05) is 0 Å². The molecular formula is C11H19N3O3S. The molecule has 0 heterocycles. The van der Waals surface area contributed by atoms with Crippen molar-refractivity contribution in [2.75, 3.05) is 18.9 Å². The minimum absolute atomic E-state index is 0.158. The molecule has 0 aromatic heterocycles. The topological polar surface area (TPSA) is 104 Å². The van der Waals surface area contributed by atoms with E-state index in [0.29, 0.717) is 5.69 Å². The predicted molar refractivity (Wildman–Crippen MR) is 70.8 cm³/mol. The Hall–Kier alpha value is -1.15. The highest BCUT2D eigenvalue weighted by Crippen LogP contribution is 2.20. The molecule has 0 fully saturated rings. The fraction of sp³-hybridized carbons (Fsp3) is 0.455. The van der Waals surface area contributed by atoms with E-state index in [0.717, 1.165) is 0 Å². The third-order valence-corrected chi connectivity index (χ3v) is 4.07. The van der Waals surface area contributed by atoms with Crippen LogP contribution in [-0.4, -0.2) is 39.3 Å². The van der Waals surface area contributed by atoms with Crippen LogP contribution in [0.25, 0.3) is 0 Å². The lowest BCUT2D eigenvalue weighted by Gasteiger charge is -2.17. The number of hydrogen-bond donors (Lipinski definition) is 4. The van der Waals surface area contributed by atoms with Crippen molar-refractivity contribution < 1.29 is 13.5 Å². The van der Waals surface area contributed by atoms with E-state index in [9.17, 15) is 13.5 Å². The van der Waals surface area contributed by atoms with Gasteiger partial charge in [0.1, 0.15) is 4.90 Å². The fourth-order valence-electron chi connectivity index (χ4n) is 1.36. The summed E-state index contributed by atoms with van der Waals surface area (Å²) in [4.78, 5) is 0.158. The van der Waals surface area contributed by atoms with Gasteiger partial charge in [-0.05, 0) is 26.1 Å². The largest absolute Gasteiger partial charge is 0.392 e. The van der Waals surface area contributed by atoms with Crippen LogP contribution in [0.15, 0.2) is 29.2 Å². The molecule has 0 aliphatic heterocycles. The van der Waals surface area contributed by atoms with Crippen LogP contribution in [0.3, 0.4) is 0 Å². The molecule has 18 heavy (non-hydrogen) atoms. The molecule has 0 aliphatic rings. The Labute approximate surface area is 107 Å². The van der Waals surface area contributed by atoms with Crippen molar-refractivity contribution in [3.05, 3.63) is 24.3 Å². The molecule has 2 atom stereocenters. The van der Waals surface area contributed by atoms with Crippen LogP contribution in [0, 0.1) is 0 Å². The molecule has 1 rings (SSSR count). The van der Waals surface area contributed by atoms with Crippen LogP contribution in [0.2, 0.25) is 0 Å². The number of nitrogens with one attached hydrogen (secondary N) is 2. The van der Waals surface area contributed by atoms with Crippen molar-refractivity contribution in [1.82, 2.24) is 4.72 Å². The van der Waals surface area contributed by atoms with E-state index in [1.54, 1.807) is 25.1 Å². The summed E-state index contributed by atoms with van der Waals surface area (Å²) in [6, 6.07) is 6.06. The number of para-hydroxylation sites is 1. The van der Waals surface area contributed by atoms with E-state index < -0.39 is 22.2 Å². The van der Waals surface area contributed by atoms with Gasteiger partial charge in [0.15, 0.2) is 0 Å². The lowest BCUT2D eigenvalue weighted by atomic mass is 10.2. The Morgan fingerprint density at radius 3 is 2.56 bits per heavy atom. The van der Waals surface area contributed by atoms with Crippen LogP contribution < -0.4 is 15.8 Å². The quantitative estimate of drug-likeness (QED) is 0.570. The third kappa shape index (κ3) is 3.67. The number of benzene rings is 1. The van der Waals surface area contributed by atoms with Gasteiger partial charge in [-0.25, -0.2) is 13.1 Å². The molecule has 0 radical (unpaired) electrons. The highest BCUT2D eigenvalue weighted by molar-refractivity contribution is 7.89. The first-order valence-electron chi connectivity index (χ1n) is 5.58. The number of aliphatic hydroxyl groups is 1. The molecule has 0 spiro atoms. The van der Waals surface area contributed by atoms with Crippen molar-refractivity contribution in [3.8, 4) is 0 Å². The van der Waals surface area contributed by atoms with E-state index >= 15 is 0 Å². The van der Waals surface area contributed by atoms with Crippen LogP contribution in [0.4, 0.5) is 5.69 Å². The highest BCUT2D eigenvalue weighted by atomic mass is 32.2. The molecule has 102 valence electrons. The molecule has 5 N–H and O–H groups in total. The van der Waals surface area contributed by atoms with Crippen molar-refractivity contribution >= 4 is 15.7 Å². The van der Waals surface area contributed by atoms with Crippen molar-refractivity contribution in [1.29, 1.82) is 0 Å². The minimum Gasteiger partial charge on any atom is -0.392 e. The summed E-state index contributed by atoms with van der Waals surface area (Å²) >= 11 is 0. The Balaban J connectivity index is 2.91. The van der Waals surface area contributed by atoms with Gasteiger partial charge in [0.25, 0.3) is 0 Å². The molecule has 0 saturated heterocycles. The fourth-order valence-corrected chi connectivity index (χ4v) is 2.26. The lowest BCUT2D eigenvalue weighted by molar-refractivity contribution is 0.168. The van der Waals surface area contributed by atoms with Gasteiger partial charge in [-0.1, -0.05) is 12.1 Å². The molecule has 0 aliphatic carbocycles. The van der Waals surface area contributed by atoms with Gasteiger partial charge in [-0.15, -0.1) is 0 Å². The second-order valence-electron chi connectivity index (χ2n) is 3.99. The van der Waals surface area contributed by atoms with Crippen LogP contribution in [0.5, 0.6) is 0 Å². The zero-order chi connectivity index (χ0) is 13.8. The van der Waals surface area contributed by atoms with Crippen molar-refractivity contribution in [2.45, 2.75) is 24.0 Å². The summed E-state index contributed by atoms with van der Waals surface area (Å²) in [6.07, 6.45) is -0.662. The minimum atomic E-state index is -3.51. The molecule has 1 aromatic rings. The van der Waals surface area contributed by atoms with Crippen molar-refractivity contribution in [2.24, 2.45) is 5.73 Å². The third-order valence-electron chi connectivity index (χ3n) is 2.59. The summed E-state index contributed by atoms with van der Waals surface area (Å²) < 4.78 is 25.8. The first-order valence-corrected chi connectivity index (χ1v) is 7.07. The van der Waals surface area contributed by atoms with Gasteiger partial charge in [-0.2, -0.15) is 0 Å². The number of rotatable bonds is 6. The zero-order valence-corrected chi connectivity index (χ0v) is 11.2. The lowest BCUT2D eigenvalue weighted by Crippen LogP contribution is -2.39. The number of sulfonamides is 1. The average molecular weight is 273 g/mol. The maximum absolute atomic E-state index is 11.8. The first kappa shape index (κ1) is 14.9. The summed E-state index contributed by atoms with van der Waals surface area (Å²) in [5, 5.41) is 12.2. The second-order valence-corrected chi connectivity index (χ2v) is 5.84. The van der Waals surface area contributed by atoms with Gasteiger partial charge in [0.05, 0.1) is 11.8 Å². The van der Waals surface area contributed by atoms with Gasteiger partial charge >= 0.3 is 0 Å². The average Bonchev–Trinajstić information content (AvgIpc) is 2.36. The molecule has 7 heteroatoms. The van der Waals surface area contributed by atoms with E-state index in [4.69, 9.17) is 5.73 Å². The number of nitrogens with two attached hydrogens (primary N) is 1. The van der Waals surface area contributed by atoms with Gasteiger partial charge in [-0.3, -0.25) is 0 Å². The molecule has 1 aromatic carbocycles. The van der Waals surface area contributed by atoms with Gasteiger partial charge in [0.2, 0.25) is 10.0 Å². The molecule has 2 unspecified atom stereocenters. The first-order chi connectivity index (χ1) is 8.38. The smallest absolute Gasteiger partial charge is 0.242 e. The summed E-state index contributed by atoms with van der Waals surface area (Å²) in [5.74, 6) is 0. The maximum atomic E-state index is 11.8. The van der Waals surface area contributed by atoms with Crippen LogP contribution in [0.1, 0.15) is 6.92 Å². The van der Waals surface area contributed by atoms with E-state index in [-0.39, 0.29) is 11.4 Å². The monoisotopic (exact) mass is 273 g/mol. The predicted octanol–water partition coefficient (Wildman–Crippen LogP) is -0.285. The van der Waals surface area contributed by atoms with E-state index in [1.165, 1.54) is 13.1 Å².